The van der Waals surface area contributed by atoms with E-state index in [1.165, 1.54) is 58.2 Å². The summed E-state index contributed by atoms with van der Waals surface area (Å²) in [6, 6.07) is 2.40. The minimum atomic E-state index is 0.765. The lowest BCUT2D eigenvalue weighted by Crippen LogP contribution is -2.45. The first-order valence-corrected chi connectivity index (χ1v) is 9.19. The molecule has 1 N–H and O–H groups in total. The number of ether oxygens (including phenoxy) is 1. The number of hydrogen-bond donors (Lipinski definition) is 1. The maximum atomic E-state index is 5.48. The van der Waals surface area contributed by atoms with Crippen LogP contribution in [0, 0.1) is 5.92 Å². The molecule has 4 rings (SSSR count). The van der Waals surface area contributed by atoms with Crippen molar-refractivity contribution in [1.29, 1.82) is 0 Å². The van der Waals surface area contributed by atoms with E-state index in [4.69, 9.17) is 4.74 Å². The molecule has 4 fully saturated rings. The minimum Gasteiger partial charge on any atom is -0.379 e. The predicted molar refractivity (Wildman–Crippen MR) is 84.5 cm³/mol. The number of nitrogens with one attached hydrogen (secondary N) is 1. The molecule has 0 aromatic carbocycles. The van der Waals surface area contributed by atoms with Crippen molar-refractivity contribution in [2.75, 3.05) is 45.9 Å². The summed E-state index contributed by atoms with van der Waals surface area (Å²) in [4.78, 5) is 5.38. The lowest BCUT2D eigenvalue weighted by Gasteiger charge is -2.32. The van der Waals surface area contributed by atoms with Crippen LogP contribution in [0.3, 0.4) is 0 Å². The largest absolute Gasteiger partial charge is 0.379 e. The van der Waals surface area contributed by atoms with E-state index in [9.17, 15) is 0 Å². The van der Waals surface area contributed by atoms with Crippen molar-refractivity contribution in [3.8, 4) is 0 Å². The van der Waals surface area contributed by atoms with Gasteiger partial charge in [0, 0.05) is 44.3 Å². The van der Waals surface area contributed by atoms with E-state index in [1.807, 2.05) is 0 Å². The summed E-state index contributed by atoms with van der Waals surface area (Å²) in [7, 11) is 0. The van der Waals surface area contributed by atoms with Crippen LogP contribution in [-0.2, 0) is 4.74 Å². The average Bonchev–Trinajstić information content (AvgIpc) is 3.14. The summed E-state index contributed by atoms with van der Waals surface area (Å²) in [6.07, 6.45) is 8.62. The van der Waals surface area contributed by atoms with Crippen LogP contribution in [0.2, 0.25) is 0 Å². The molecular formula is C17H31N3O. The Bertz CT molecular complexity index is 331. The van der Waals surface area contributed by atoms with E-state index >= 15 is 0 Å². The zero-order valence-corrected chi connectivity index (χ0v) is 13.3. The quantitative estimate of drug-likeness (QED) is 0.849. The van der Waals surface area contributed by atoms with Crippen LogP contribution in [-0.4, -0.2) is 73.9 Å². The molecule has 0 amide bonds. The Hall–Kier alpha value is -0.160. The Morgan fingerprint density at radius 2 is 1.86 bits per heavy atom. The van der Waals surface area contributed by atoms with Gasteiger partial charge in [0.2, 0.25) is 0 Å². The first-order chi connectivity index (χ1) is 10.4. The summed E-state index contributed by atoms with van der Waals surface area (Å²) < 4.78 is 5.48. The highest BCUT2D eigenvalue weighted by molar-refractivity contribution is 4.95. The first-order valence-electron chi connectivity index (χ1n) is 9.19. The molecule has 1 aliphatic carbocycles. The standard InChI is InChI=1S/C17H31N3O/c1-2-4-17-14(3-1)11-15(18-17)12-19-6-5-16(13-19)20-7-9-21-10-8-20/h14-18H,1-13H2. The Balaban J connectivity index is 1.25. The average molecular weight is 293 g/mol. The molecule has 0 bridgehead atoms. The number of morpholine rings is 1. The maximum Gasteiger partial charge on any atom is 0.0594 e. The summed E-state index contributed by atoms with van der Waals surface area (Å²) in [6.45, 7) is 8.03. The fraction of sp³-hybridized carbons (Fsp3) is 1.00. The maximum absolute atomic E-state index is 5.48. The molecule has 21 heavy (non-hydrogen) atoms. The van der Waals surface area contributed by atoms with Crippen LogP contribution in [0.15, 0.2) is 0 Å². The molecule has 4 aliphatic rings. The molecule has 1 saturated carbocycles. The zero-order valence-electron chi connectivity index (χ0n) is 13.3. The summed E-state index contributed by atoms with van der Waals surface area (Å²) in [5.41, 5.74) is 0. The lowest BCUT2D eigenvalue weighted by molar-refractivity contribution is 0.0184. The Morgan fingerprint density at radius 1 is 1.00 bits per heavy atom. The van der Waals surface area contributed by atoms with Gasteiger partial charge in [0.1, 0.15) is 0 Å². The van der Waals surface area contributed by atoms with Crippen molar-refractivity contribution in [3.63, 3.8) is 0 Å². The van der Waals surface area contributed by atoms with Crippen molar-refractivity contribution in [2.24, 2.45) is 5.92 Å². The smallest absolute Gasteiger partial charge is 0.0594 e. The molecule has 0 aromatic heterocycles. The van der Waals surface area contributed by atoms with Gasteiger partial charge in [-0.15, -0.1) is 0 Å². The SMILES string of the molecule is C1CCC2NC(CN3CCC(N4CCOCC4)C3)CC2C1. The second-order valence-corrected chi connectivity index (χ2v) is 7.60. The van der Waals surface area contributed by atoms with Gasteiger partial charge in [-0.2, -0.15) is 0 Å². The zero-order chi connectivity index (χ0) is 14.1. The highest BCUT2D eigenvalue weighted by atomic mass is 16.5. The number of nitrogens with zero attached hydrogens (tertiary/aromatic N) is 2. The Labute approximate surface area is 129 Å². The van der Waals surface area contributed by atoms with Gasteiger partial charge in [-0.05, 0) is 38.1 Å². The summed E-state index contributed by atoms with van der Waals surface area (Å²) in [5.74, 6) is 0.987. The van der Waals surface area contributed by atoms with Gasteiger partial charge in [0.25, 0.3) is 0 Å². The molecule has 0 radical (unpaired) electrons. The molecular weight excluding hydrogens is 262 g/mol. The van der Waals surface area contributed by atoms with Crippen LogP contribution in [0.1, 0.15) is 38.5 Å². The van der Waals surface area contributed by atoms with Crippen LogP contribution < -0.4 is 5.32 Å². The number of hydrogen-bond acceptors (Lipinski definition) is 4. The molecule has 3 heterocycles. The molecule has 4 atom stereocenters. The van der Waals surface area contributed by atoms with Crippen molar-refractivity contribution in [2.45, 2.75) is 56.7 Å². The molecule has 120 valence electrons. The normalized spacial score (nSPS) is 42.3. The van der Waals surface area contributed by atoms with Crippen molar-refractivity contribution in [1.82, 2.24) is 15.1 Å². The highest BCUT2D eigenvalue weighted by Gasteiger charge is 2.37. The molecule has 4 unspecified atom stereocenters. The number of likely N-dealkylation sites (tertiary alicyclic amines) is 1. The van der Waals surface area contributed by atoms with Gasteiger partial charge in [-0.3, -0.25) is 4.90 Å². The van der Waals surface area contributed by atoms with E-state index < -0.39 is 0 Å². The first kappa shape index (κ1) is 14.4. The molecule has 4 heteroatoms. The van der Waals surface area contributed by atoms with Crippen LogP contribution in [0.25, 0.3) is 0 Å². The third-order valence-electron chi connectivity index (χ3n) is 6.23. The van der Waals surface area contributed by atoms with Gasteiger partial charge in [0.05, 0.1) is 13.2 Å². The topological polar surface area (TPSA) is 27.7 Å². The fourth-order valence-electron chi connectivity index (χ4n) is 5.10. The van der Waals surface area contributed by atoms with Gasteiger partial charge in [-0.1, -0.05) is 12.8 Å². The molecule has 3 aliphatic heterocycles. The van der Waals surface area contributed by atoms with E-state index in [1.54, 1.807) is 0 Å². The van der Waals surface area contributed by atoms with E-state index in [2.05, 4.69) is 15.1 Å². The van der Waals surface area contributed by atoms with Gasteiger partial charge in [-0.25, -0.2) is 0 Å². The highest BCUT2D eigenvalue weighted by Crippen LogP contribution is 2.33. The monoisotopic (exact) mass is 293 g/mol. The second kappa shape index (κ2) is 6.53. The molecule has 4 nitrogen and oxygen atoms in total. The minimum absolute atomic E-state index is 0.765. The fourth-order valence-corrected chi connectivity index (χ4v) is 5.10. The van der Waals surface area contributed by atoms with Crippen molar-refractivity contribution in [3.05, 3.63) is 0 Å². The van der Waals surface area contributed by atoms with Crippen LogP contribution in [0.4, 0.5) is 0 Å². The second-order valence-electron chi connectivity index (χ2n) is 7.60. The number of rotatable bonds is 3. The third kappa shape index (κ3) is 3.29. The van der Waals surface area contributed by atoms with Gasteiger partial charge < -0.3 is 15.0 Å². The van der Waals surface area contributed by atoms with Crippen LogP contribution >= 0.6 is 0 Å². The summed E-state index contributed by atoms with van der Waals surface area (Å²) >= 11 is 0. The van der Waals surface area contributed by atoms with Crippen molar-refractivity contribution < 1.29 is 4.74 Å². The van der Waals surface area contributed by atoms with E-state index in [0.717, 1.165) is 50.3 Å². The van der Waals surface area contributed by atoms with E-state index in [0.29, 0.717) is 0 Å². The lowest BCUT2D eigenvalue weighted by atomic mass is 9.85. The number of fused-ring (bicyclic) bond motifs is 1. The summed E-state index contributed by atoms with van der Waals surface area (Å²) in [5, 5.41) is 3.94. The van der Waals surface area contributed by atoms with E-state index in [-0.39, 0.29) is 0 Å². The van der Waals surface area contributed by atoms with Gasteiger partial charge in [0.15, 0.2) is 0 Å². The molecule has 0 spiro atoms. The van der Waals surface area contributed by atoms with Crippen molar-refractivity contribution >= 4 is 0 Å². The Kier molecular flexibility index (Phi) is 4.49. The molecule has 3 saturated heterocycles. The predicted octanol–water partition coefficient (Wildman–Crippen LogP) is 1.31. The van der Waals surface area contributed by atoms with Crippen LogP contribution in [0.5, 0.6) is 0 Å². The third-order valence-corrected chi connectivity index (χ3v) is 6.23. The molecule has 0 aromatic rings. The van der Waals surface area contributed by atoms with Gasteiger partial charge >= 0.3 is 0 Å². The Morgan fingerprint density at radius 3 is 2.71 bits per heavy atom.